The summed E-state index contributed by atoms with van der Waals surface area (Å²) in [6.07, 6.45) is 1.63. The molecule has 3 aromatic rings. The van der Waals surface area contributed by atoms with Gasteiger partial charge in [-0.1, -0.05) is 35.9 Å². The maximum atomic E-state index is 12.2. The highest BCUT2D eigenvalue weighted by atomic mass is 35.5. The summed E-state index contributed by atoms with van der Waals surface area (Å²) in [5, 5.41) is 3.39. The number of hydrogen-bond acceptors (Lipinski definition) is 5. The molecule has 0 bridgehead atoms. The summed E-state index contributed by atoms with van der Waals surface area (Å²) in [6.45, 7) is 0.104. The Balaban J connectivity index is 1.63. The summed E-state index contributed by atoms with van der Waals surface area (Å²) >= 11 is 7.38. The Hall–Kier alpha value is -2.02. The van der Waals surface area contributed by atoms with Crippen LogP contribution in [0.25, 0.3) is 10.6 Å². The Morgan fingerprint density at radius 1 is 1.23 bits per heavy atom. The normalized spacial score (nSPS) is 11.9. The summed E-state index contributed by atoms with van der Waals surface area (Å²) in [4.78, 5) is 16.7. The molecular weight excluding hydrogens is 390 g/mol. The van der Waals surface area contributed by atoms with Gasteiger partial charge in [0.1, 0.15) is 11.6 Å². The second-order valence-electron chi connectivity index (χ2n) is 5.64. The number of carbonyl (C=O) groups is 1. The average molecular weight is 406 g/mol. The zero-order valence-electron chi connectivity index (χ0n) is 14.0. The van der Waals surface area contributed by atoms with Crippen LogP contribution in [0.15, 0.2) is 53.9 Å². The first-order valence-electron chi connectivity index (χ1n) is 7.78. The van der Waals surface area contributed by atoms with Gasteiger partial charge in [-0.15, -0.1) is 11.3 Å². The number of thiazole rings is 1. The second kappa shape index (κ2) is 8.58. The van der Waals surface area contributed by atoms with E-state index in [1.165, 1.54) is 11.3 Å². The molecule has 0 radical (unpaired) electrons. The Kier molecular flexibility index (Phi) is 6.19. The van der Waals surface area contributed by atoms with Crippen LogP contribution in [0.1, 0.15) is 21.6 Å². The average Bonchev–Trinajstić information content (AvgIpc) is 3.09. The van der Waals surface area contributed by atoms with Gasteiger partial charge in [0.15, 0.2) is 0 Å². The van der Waals surface area contributed by atoms with Crippen LogP contribution in [0, 0.1) is 0 Å². The molecule has 3 rings (SSSR count). The fourth-order valence-corrected chi connectivity index (χ4v) is 3.93. The van der Waals surface area contributed by atoms with E-state index in [4.69, 9.17) is 16.3 Å². The van der Waals surface area contributed by atoms with Gasteiger partial charge < -0.3 is 4.74 Å². The minimum Gasteiger partial charge on any atom is -0.456 e. The first kappa shape index (κ1) is 18.8. The quantitative estimate of drug-likeness (QED) is 0.558. The maximum Gasteiger partial charge on any atom is 0.338 e. The second-order valence-corrected chi connectivity index (χ2v) is 8.37. The summed E-state index contributed by atoms with van der Waals surface area (Å²) in [7, 11) is -0.958. The summed E-state index contributed by atoms with van der Waals surface area (Å²) in [5.41, 5.74) is 2.96. The summed E-state index contributed by atoms with van der Waals surface area (Å²) in [6, 6.07) is 14.4. The topological polar surface area (TPSA) is 56.3 Å². The molecule has 0 saturated carbocycles. The molecule has 1 atom stereocenters. The van der Waals surface area contributed by atoms with Crippen LogP contribution < -0.4 is 0 Å². The Bertz CT molecular complexity index is 938. The molecule has 0 aliphatic carbocycles. The van der Waals surface area contributed by atoms with Crippen molar-refractivity contribution in [2.75, 3.05) is 6.26 Å². The third kappa shape index (κ3) is 5.00. The van der Waals surface area contributed by atoms with Gasteiger partial charge in [-0.2, -0.15) is 0 Å². The van der Waals surface area contributed by atoms with Crippen molar-refractivity contribution in [1.82, 2.24) is 4.98 Å². The number of ether oxygens (including phenoxy) is 1. The third-order valence-corrected chi connectivity index (χ3v) is 5.46. The van der Waals surface area contributed by atoms with Crippen molar-refractivity contribution in [2.45, 2.75) is 12.4 Å². The molecule has 0 aliphatic rings. The van der Waals surface area contributed by atoms with Crippen LogP contribution in [0.4, 0.5) is 0 Å². The zero-order valence-corrected chi connectivity index (χ0v) is 16.4. The molecule has 2 aromatic carbocycles. The molecule has 0 amide bonds. The third-order valence-electron chi connectivity index (χ3n) is 3.53. The van der Waals surface area contributed by atoms with Crippen molar-refractivity contribution < 1.29 is 13.7 Å². The van der Waals surface area contributed by atoms with E-state index >= 15 is 0 Å². The van der Waals surface area contributed by atoms with Crippen molar-refractivity contribution in [3.05, 3.63) is 75.8 Å². The van der Waals surface area contributed by atoms with E-state index in [2.05, 4.69) is 4.98 Å². The predicted molar refractivity (Wildman–Crippen MR) is 106 cm³/mol. The van der Waals surface area contributed by atoms with Gasteiger partial charge in [0, 0.05) is 38.8 Å². The molecule has 1 aromatic heterocycles. The number of esters is 1. The number of halogens is 1. The van der Waals surface area contributed by atoms with Crippen molar-refractivity contribution in [2.24, 2.45) is 0 Å². The minimum absolute atomic E-state index is 0.104. The number of nitrogens with zero attached hydrogens (tertiary/aromatic N) is 1. The number of benzene rings is 2. The van der Waals surface area contributed by atoms with Crippen LogP contribution in [0.2, 0.25) is 5.02 Å². The van der Waals surface area contributed by atoms with Crippen LogP contribution in [0.5, 0.6) is 0 Å². The van der Waals surface area contributed by atoms with Crippen LogP contribution >= 0.6 is 22.9 Å². The molecule has 0 saturated heterocycles. The highest BCUT2D eigenvalue weighted by Crippen LogP contribution is 2.25. The SMILES string of the molecule is CS(=O)Cc1cccc(C(=O)OCc2csc(-c3ccc(Cl)cc3)n2)c1. The largest absolute Gasteiger partial charge is 0.456 e. The monoisotopic (exact) mass is 405 g/mol. The molecule has 1 heterocycles. The van der Waals surface area contributed by atoms with Gasteiger partial charge in [0.05, 0.1) is 11.3 Å². The Labute approximate surface area is 163 Å². The maximum absolute atomic E-state index is 12.2. The number of carbonyl (C=O) groups excluding carboxylic acids is 1. The van der Waals surface area contributed by atoms with Crippen molar-refractivity contribution in [3.8, 4) is 10.6 Å². The van der Waals surface area contributed by atoms with E-state index in [0.717, 1.165) is 16.1 Å². The molecule has 0 spiro atoms. The fraction of sp³-hybridized carbons (Fsp3) is 0.158. The molecule has 4 nitrogen and oxygen atoms in total. The molecule has 1 unspecified atom stereocenters. The minimum atomic E-state index is -0.958. The Morgan fingerprint density at radius 3 is 2.73 bits per heavy atom. The lowest BCUT2D eigenvalue weighted by Gasteiger charge is -2.05. The van der Waals surface area contributed by atoms with Crippen molar-refractivity contribution in [3.63, 3.8) is 0 Å². The molecule has 26 heavy (non-hydrogen) atoms. The van der Waals surface area contributed by atoms with Gasteiger partial charge >= 0.3 is 5.97 Å². The van der Waals surface area contributed by atoms with Gasteiger partial charge in [0.25, 0.3) is 0 Å². The van der Waals surface area contributed by atoms with Gasteiger partial charge in [0.2, 0.25) is 0 Å². The predicted octanol–water partition coefficient (Wildman–Crippen LogP) is 4.70. The molecule has 0 fully saturated rings. The van der Waals surface area contributed by atoms with E-state index < -0.39 is 16.8 Å². The van der Waals surface area contributed by atoms with Crippen LogP contribution in [-0.2, 0) is 27.9 Å². The summed E-state index contributed by atoms with van der Waals surface area (Å²) < 4.78 is 16.7. The zero-order chi connectivity index (χ0) is 18.5. The standard InChI is InChI=1S/C19H16ClNO3S2/c1-26(23)12-13-3-2-4-15(9-13)19(22)24-10-17-11-25-18(21-17)14-5-7-16(20)8-6-14/h2-9,11H,10,12H2,1H3. The van der Waals surface area contributed by atoms with Crippen LogP contribution in [0.3, 0.4) is 0 Å². The van der Waals surface area contributed by atoms with Crippen molar-refractivity contribution in [1.29, 1.82) is 0 Å². The molecule has 0 aliphatic heterocycles. The molecular formula is C19H16ClNO3S2. The van der Waals surface area contributed by atoms with Gasteiger partial charge in [-0.25, -0.2) is 9.78 Å². The van der Waals surface area contributed by atoms with E-state index in [9.17, 15) is 9.00 Å². The highest BCUT2D eigenvalue weighted by Gasteiger charge is 2.11. The van der Waals surface area contributed by atoms with E-state index in [-0.39, 0.29) is 6.61 Å². The van der Waals surface area contributed by atoms with E-state index in [1.807, 2.05) is 35.7 Å². The highest BCUT2D eigenvalue weighted by molar-refractivity contribution is 7.83. The van der Waals surface area contributed by atoms with E-state index in [1.54, 1.807) is 24.5 Å². The lowest BCUT2D eigenvalue weighted by Crippen LogP contribution is -2.06. The van der Waals surface area contributed by atoms with Crippen molar-refractivity contribution >= 4 is 39.7 Å². The molecule has 134 valence electrons. The lowest BCUT2D eigenvalue weighted by molar-refractivity contribution is 0.0468. The van der Waals surface area contributed by atoms with Gasteiger partial charge in [-0.3, -0.25) is 4.21 Å². The first-order chi connectivity index (χ1) is 12.5. The Morgan fingerprint density at radius 2 is 2.00 bits per heavy atom. The lowest BCUT2D eigenvalue weighted by atomic mass is 10.1. The number of hydrogen-bond donors (Lipinski definition) is 0. The number of rotatable bonds is 6. The molecule has 0 N–H and O–H groups in total. The van der Waals surface area contributed by atoms with E-state index in [0.29, 0.717) is 22.0 Å². The first-order valence-corrected chi connectivity index (χ1v) is 10.8. The smallest absolute Gasteiger partial charge is 0.338 e. The summed E-state index contributed by atoms with van der Waals surface area (Å²) in [5.74, 6) is -0.00716. The fourth-order valence-electron chi connectivity index (χ4n) is 2.34. The number of aromatic nitrogens is 1. The van der Waals surface area contributed by atoms with Gasteiger partial charge in [-0.05, 0) is 29.8 Å². The molecule has 7 heteroatoms. The van der Waals surface area contributed by atoms with Crippen LogP contribution in [-0.4, -0.2) is 21.4 Å².